The number of nitrogens with zero attached hydrogens (tertiary/aromatic N) is 7. The summed E-state index contributed by atoms with van der Waals surface area (Å²) in [5.41, 5.74) is 20.3. The fourth-order valence-corrected chi connectivity index (χ4v) is 8.10. The van der Waals surface area contributed by atoms with Crippen molar-refractivity contribution in [3.8, 4) is 12.1 Å². The molecule has 4 aliphatic rings. The van der Waals surface area contributed by atoms with Crippen LogP contribution < -0.4 is 43.8 Å². The Bertz CT molecular complexity index is 2860. The predicted molar refractivity (Wildman–Crippen MR) is 296 cm³/mol. The number of imidazole rings is 2. The van der Waals surface area contributed by atoms with Crippen LogP contribution in [0.25, 0.3) is 22.1 Å². The standard InChI is InChI=1S/C20H23N7O3.C13H20N4O2.C7H4Cl3N3.C5H7N3.C3H4Cl3NO/c21-9-13(8-12-3-6-23-18(12)28)24-19(29)15(7-11-1-2-11)27-20(30)17-25-14-4-5-22-10-16(14)26-17;14-7-10(6-9-3-4-16-12(9)18)17-13(19)11(15)5-8-1-2-8;8-7(9,10)6-12-4-1-2-11-3-5(4)13-6;6-4-1-2-8-3-5(4)7;1-8-2(7)3(4,5)6/h4-5,10-13,15H,1-3,6-8H2,(H,23,28)(H,24,29)(H,25,26)(H,27,30);8-11H,1-6,15H2,(H,16,18)(H,17,19);1-3H,(H,12,13);1-3H,7H2,(H2,6,8);7H,1H3/t12-,13-,15-;9-,10-,11-;;;/m00.../s1. The first-order chi connectivity index (χ1) is 37.0. The molecule has 2 saturated heterocycles. The van der Waals surface area contributed by atoms with Crippen molar-refractivity contribution in [1.82, 2.24) is 61.5 Å². The van der Waals surface area contributed by atoms with E-state index in [9.17, 15) is 29.2 Å². The Kier molecular flexibility index (Phi) is 23.5. The van der Waals surface area contributed by atoms with Crippen LogP contribution >= 0.6 is 69.6 Å². The molecule has 0 aromatic carbocycles. The Morgan fingerprint density at radius 2 is 1.22 bits per heavy atom. The molecular weight excluding hydrogens is 1140 g/mol. The summed E-state index contributed by atoms with van der Waals surface area (Å²) >= 11 is 32.4. The number of halogens is 6. The molecule has 5 aromatic heterocycles. The van der Waals surface area contributed by atoms with Crippen molar-refractivity contribution in [3.63, 3.8) is 0 Å². The molecule has 0 spiro atoms. The van der Waals surface area contributed by atoms with Gasteiger partial charge in [-0.05, 0) is 68.6 Å². The molecular formula is C48H58Cl6N18O6. The first kappa shape index (κ1) is 62.3. The van der Waals surface area contributed by atoms with Gasteiger partial charge in [0.15, 0.2) is 11.6 Å². The molecule has 0 radical (unpaired) electrons. The number of rotatable bonds is 14. The highest BCUT2D eigenvalue weighted by Gasteiger charge is 2.35. The maximum Gasteiger partial charge on any atom is 0.287 e. The van der Waals surface area contributed by atoms with Gasteiger partial charge >= 0.3 is 0 Å². The molecule has 30 heteroatoms. The Morgan fingerprint density at radius 1 is 0.718 bits per heavy atom. The molecule has 0 bridgehead atoms. The molecule has 418 valence electrons. The van der Waals surface area contributed by atoms with Crippen molar-refractivity contribution in [2.45, 2.75) is 96.0 Å². The molecule has 2 aliphatic carbocycles. The fourth-order valence-electron chi connectivity index (χ4n) is 7.60. The first-order valence-electron chi connectivity index (χ1n) is 24.3. The number of nitrogens with two attached hydrogens (primary N) is 3. The van der Waals surface area contributed by atoms with Crippen molar-refractivity contribution in [3.05, 3.63) is 67.0 Å². The van der Waals surface area contributed by atoms with Gasteiger partial charge in [0.2, 0.25) is 33.3 Å². The van der Waals surface area contributed by atoms with Crippen molar-refractivity contribution < 1.29 is 28.7 Å². The van der Waals surface area contributed by atoms with Crippen LogP contribution in [0.3, 0.4) is 0 Å². The van der Waals surface area contributed by atoms with E-state index in [2.05, 4.69) is 72.3 Å². The van der Waals surface area contributed by atoms with E-state index in [1.807, 2.05) is 6.07 Å². The zero-order valence-electron chi connectivity index (χ0n) is 41.9. The largest absolute Gasteiger partial charge is 0.481 e. The number of aromatic amines is 2. The van der Waals surface area contributed by atoms with Gasteiger partial charge in [0, 0.05) is 43.5 Å². The minimum absolute atomic E-state index is 0.0308. The molecule has 5 amide bonds. The first-order valence-corrected chi connectivity index (χ1v) is 26.6. The Morgan fingerprint density at radius 3 is 1.63 bits per heavy atom. The minimum Gasteiger partial charge on any atom is -0.481 e. The average molecular weight is 1200 g/mol. The summed E-state index contributed by atoms with van der Waals surface area (Å²) in [5.74, 6) is -0.785. The molecule has 9 rings (SSSR count). The van der Waals surface area contributed by atoms with Crippen LogP contribution in [0.4, 0.5) is 11.4 Å². The second-order valence-corrected chi connectivity index (χ2v) is 22.9. The van der Waals surface area contributed by atoms with Gasteiger partial charge in [-0.25, -0.2) is 9.97 Å². The van der Waals surface area contributed by atoms with Gasteiger partial charge in [-0.15, -0.1) is 0 Å². The maximum atomic E-state index is 12.9. The van der Waals surface area contributed by atoms with Gasteiger partial charge in [0.1, 0.15) is 18.1 Å². The third-order valence-corrected chi connectivity index (χ3v) is 13.3. The number of carbonyl (C=O) groups excluding carboxylic acids is 5. The number of carbonyl (C=O) groups is 5. The monoisotopic (exact) mass is 1190 g/mol. The summed E-state index contributed by atoms with van der Waals surface area (Å²) in [7, 11) is 1.27. The number of nitriles is 2. The number of fused-ring (bicyclic) bond motifs is 2. The lowest BCUT2D eigenvalue weighted by molar-refractivity contribution is -0.125. The molecule has 14 N–H and O–H groups in total. The third kappa shape index (κ3) is 20.4. The van der Waals surface area contributed by atoms with E-state index in [4.69, 9.17) is 97.5 Å². The van der Waals surface area contributed by atoms with Gasteiger partial charge in [0.05, 0.1) is 77.3 Å². The van der Waals surface area contributed by atoms with Crippen LogP contribution in [0.15, 0.2) is 55.4 Å². The SMILES string of the molecule is COC(=N)C(Cl)(Cl)Cl.ClC(Cl)(Cl)c1nc2ccncc2[nH]1.N#C[C@H](C[C@@H]1CCNC1=O)NC(=O)[C@@H](N)CC1CC1.N#C[C@H](C[C@@H]1CCNC1=O)NC(=O)[C@H](CC1CC1)NC(=O)c1nc2ccncc2[nH]1.Nc1ccncc1N. The Labute approximate surface area is 478 Å². The van der Waals surface area contributed by atoms with Crippen LogP contribution in [-0.2, 0) is 27.7 Å². The number of aromatic nitrogens is 7. The highest BCUT2D eigenvalue weighted by atomic mass is 35.6. The Balaban J connectivity index is 0.000000199. The molecule has 2 saturated carbocycles. The molecule has 7 heterocycles. The lowest BCUT2D eigenvalue weighted by Gasteiger charge is -2.21. The second kappa shape index (κ2) is 29.5. The molecule has 24 nitrogen and oxygen atoms in total. The topological polar surface area (TPSA) is 400 Å². The fraction of sp³-hybridized carbons (Fsp3) is 0.479. The van der Waals surface area contributed by atoms with Crippen molar-refractivity contribution in [1.29, 1.82) is 15.9 Å². The van der Waals surface area contributed by atoms with Crippen molar-refractivity contribution in [2.75, 3.05) is 31.7 Å². The van der Waals surface area contributed by atoms with Crippen LogP contribution in [0, 0.1) is 51.7 Å². The van der Waals surface area contributed by atoms with Crippen LogP contribution in [-0.4, -0.2) is 118 Å². The molecule has 4 fully saturated rings. The number of alkyl halides is 6. The average Bonchev–Trinajstić information content (AvgIpc) is 4.18. The highest BCUT2D eigenvalue weighted by Crippen LogP contribution is 2.37. The highest BCUT2D eigenvalue weighted by molar-refractivity contribution is 6.76. The van der Waals surface area contributed by atoms with E-state index in [-0.39, 0.29) is 47.7 Å². The predicted octanol–water partition coefficient (Wildman–Crippen LogP) is 5.05. The number of amides is 5. The summed E-state index contributed by atoms with van der Waals surface area (Å²) in [6.45, 7) is 1.24. The number of ether oxygens (including phenoxy) is 1. The smallest absolute Gasteiger partial charge is 0.287 e. The molecule has 0 unspecified atom stereocenters. The van der Waals surface area contributed by atoms with E-state index in [1.54, 1.807) is 49.2 Å². The number of H-pyrrole nitrogens is 2. The third-order valence-electron chi connectivity index (χ3n) is 12.2. The number of nitrogen functional groups attached to an aromatic ring is 2. The number of methoxy groups -OCH3 is 1. The lowest BCUT2D eigenvalue weighted by Crippen LogP contribution is -2.50. The molecule has 6 atom stereocenters. The minimum atomic E-state index is -1.71. The van der Waals surface area contributed by atoms with Gasteiger partial charge in [-0.1, -0.05) is 95.3 Å². The van der Waals surface area contributed by atoms with Crippen LogP contribution in [0.5, 0.6) is 0 Å². The van der Waals surface area contributed by atoms with Crippen LogP contribution in [0.2, 0.25) is 0 Å². The quantitative estimate of drug-likeness (QED) is 0.0394. The summed E-state index contributed by atoms with van der Waals surface area (Å²) in [4.78, 5) is 86.3. The van der Waals surface area contributed by atoms with E-state index in [0.29, 0.717) is 78.8 Å². The summed E-state index contributed by atoms with van der Waals surface area (Å²) in [5, 5.41) is 38.8. The van der Waals surface area contributed by atoms with Crippen LogP contribution in [0.1, 0.15) is 80.7 Å². The number of hydrogen-bond donors (Lipinski definition) is 11. The number of pyridine rings is 3. The van der Waals surface area contributed by atoms with E-state index in [1.165, 1.54) is 13.3 Å². The zero-order valence-corrected chi connectivity index (χ0v) is 46.4. The summed E-state index contributed by atoms with van der Waals surface area (Å²) in [6, 6.07) is 6.45. The maximum absolute atomic E-state index is 12.9. The number of nitrogens with one attached hydrogen (secondary N) is 8. The van der Waals surface area contributed by atoms with Gasteiger partial charge in [0.25, 0.3) is 9.70 Å². The van der Waals surface area contributed by atoms with Gasteiger partial charge in [-0.2, -0.15) is 10.5 Å². The summed E-state index contributed by atoms with van der Waals surface area (Å²) < 4.78 is 1.07. The molecule has 78 heavy (non-hydrogen) atoms. The van der Waals surface area contributed by atoms with E-state index in [0.717, 1.165) is 43.1 Å². The van der Waals surface area contributed by atoms with Crippen molar-refractivity contribution >= 4 is 138 Å². The normalized spacial score (nSPS) is 18.0. The molecule has 2 aliphatic heterocycles. The molecule has 5 aromatic rings. The van der Waals surface area contributed by atoms with Gasteiger partial charge < -0.3 is 58.5 Å². The lowest BCUT2D eigenvalue weighted by atomic mass is 9.98. The van der Waals surface area contributed by atoms with E-state index >= 15 is 0 Å². The number of anilines is 2. The zero-order chi connectivity index (χ0) is 57.2. The van der Waals surface area contributed by atoms with Crippen molar-refractivity contribution in [2.24, 2.45) is 29.4 Å². The van der Waals surface area contributed by atoms with E-state index < -0.39 is 43.6 Å². The Hall–Kier alpha value is -6.51. The number of hydrogen-bond acceptors (Lipinski definition) is 17. The second-order valence-electron chi connectivity index (χ2n) is 18.4. The van der Waals surface area contributed by atoms with Gasteiger partial charge in [-0.3, -0.25) is 44.3 Å². The summed E-state index contributed by atoms with van der Waals surface area (Å²) in [6.07, 6.45) is 17.0.